The summed E-state index contributed by atoms with van der Waals surface area (Å²) in [6, 6.07) is 17.1. The summed E-state index contributed by atoms with van der Waals surface area (Å²) in [6.45, 7) is 1.30. The number of hydrogen-bond acceptors (Lipinski definition) is 3. The van der Waals surface area contributed by atoms with E-state index in [4.69, 9.17) is 5.73 Å². The summed E-state index contributed by atoms with van der Waals surface area (Å²) in [4.78, 5) is 33.3. The molecular weight excluding hydrogens is 352 g/mol. The van der Waals surface area contributed by atoms with Crippen LogP contribution in [0.1, 0.15) is 16.8 Å². The lowest BCUT2D eigenvalue weighted by atomic mass is 10.1. The van der Waals surface area contributed by atoms with Gasteiger partial charge in [-0.25, -0.2) is 0 Å². The third kappa shape index (κ3) is 2.78. The molecule has 5 rings (SSSR count). The van der Waals surface area contributed by atoms with Crippen LogP contribution in [0.5, 0.6) is 0 Å². The fraction of sp³-hybridized carbons (Fsp3) is 0.182. The van der Waals surface area contributed by atoms with Crippen molar-refractivity contribution in [2.45, 2.75) is 12.5 Å². The van der Waals surface area contributed by atoms with Gasteiger partial charge in [-0.05, 0) is 48.2 Å². The van der Waals surface area contributed by atoms with Gasteiger partial charge in [0, 0.05) is 41.1 Å². The van der Waals surface area contributed by atoms with E-state index in [1.807, 2.05) is 54.6 Å². The van der Waals surface area contributed by atoms with E-state index < -0.39 is 0 Å². The number of carbonyl (C=O) groups is 1. The number of amides is 1. The number of fused-ring (bicyclic) bond motifs is 2. The third-order valence-corrected chi connectivity index (χ3v) is 5.42. The van der Waals surface area contributed by atoms with E-state index in [0.29, 0.717) is 24.2 Å². The number of H-pyrrole nitrogens is 2. The van der Waals surface area contributed by atoms with E-state index in [2.05, 4.69) is 9.97 Å². The van der Waals surface area contributed by atoms with Crippen molar-refractivity contribution in [3.05, 3.63) is 70.5 Å². The number of hydrogen-bond donors (Lipinski definition) is 3. The first-order valence-corrected chi connectivity index (χ1v) is 9.38. The zero-order chi connectivity index (χ0) is 19.3. The minimum absolute atomic E-state index is 0.00107. The number of nitrogens with zero attached hydrogens (tertiary/aromatic N) is 1. The summed E-state index contributed by atoms with van der Waals surface area (Å²) in [7, 11) is 0. The Morgan fingerprint density at radius 1 is 1.00 bits per heavy atom. The second-order valence-corrected chi connectivity index (χ2v) is 7.38. The molecule has 1 aliphatic heterocycles. The number of benzene rings is 2. The van der Waals surface area contributed by atoms with Crippen LogP contribution in [0, 0.1) is 0 Å². The second-order valence-electron chi connectivity index (χ2n) is 7.38. The molecule has 0 aliphatic carbocycles. The molecule has 2 aromatic carbocycles. The summed E-state index contributed by atoms with van der Waals surface area (Å²) < 4.78 is 0. The Kier molecular flexibility index (Phi) is 3.80. The Bertz CT molecular complexity index is 1270. The summed E-state index contributed by atoms with van der Waals surface area (Å²) in [6.07, 6.45) is 0.840. The van der Waals surface area contributed by atoms with E-state index in [0.717, 1.165) is 33.9 Å². The molecule has 0 unspecified atom stereocenters. The summed E-state index contributed by atoms with van der Waals surface area (Å²) >= 11 is 0. The van der Waals surface area contributed by atoms with Gasteiger partial charge in [-0.3, -0.25) is 9.59 Å². The molecule has 2 aromatic heterocycles. The Morgan fingerprint density at radius 2 is 1.82 bits per heavy atom. The average molecular weight is 372 g/mol. The molecule has 4 aromatic rings. The highest BCUT2D eigenvalue weighted by Gasteiger charge is 2.24. The van der Waals surface area contributed by atoms with Gasteiger partial charge in [0.25, 0.3) is 11.5 Å². The molecular formula is C22H20N4O2. The van der Waals surface area contributed by atoms with Crippen LogP contribution in [0.25, 0.3) is 33.1 Å². The first kappa shape index (κ1) is 16.8. The van der Waals surface area contributed by atoms with Crippen molar-refractivity contribution in [2.75, 3.05) is 13.1 Å². The monoisotopic (exact) mass is 372 g/mol. The van der Waals surface area contributed by atoms with Gasteiger partial charge in [-0.15, -0.1) is 0 Å². The van der Waals surface area contributed by atoms with Crippen LogP contribution < -0.4 is 11.3 Å². The van der Waals surface area contributed by atoms with Crippen LogP contribution in [0.15, 0.2) is 59.4 Å². The second kappa shape index (κ2) is 6.35. The third-order valence-electron chi connectivity index (χ3n) is 5.42. The highest BCUT2D eigenvalue weighted by Crippen LogP contribution is 2.25. The van der Waals surface area contributed by atoms with Crippen molar-refractivity contribution in [1.82, 2.24) is 14.9 Å². The number of aromatic amines is 2. The Labute approximate surface area is 161 Å². The van der Waals surface area contributed by atoms with Crippen molar-refractivity contribution < 1.29 is 4.79 Å². The van der Waals surface area contributed by atoms with Crippen molar-refractivity contribution in [3.8, 4) is 11.3 Å². The van der Waals surface area contributed by atoms with Gasteiger partial charge in [-0.2, -0.15) is 0 Å². The predicted molar refractivity (Wildman–Crippen MR) is 110 cm³/mol. The van der Waals surface area contributed by atoms with Crippen LogP contribution in [-0.2, 0) is 0 Å². The van der Waals surface area contributed by atoms with Gasteiger partial charge in [0.2, 0.25) is 0 Å². The standard InChI is InChI=1S/C22H20N4O2/c23-16-7-8-26(12-16)22(28)14-5-6-19-15(9-14)11-20(24-19)17-10-13-3-1-2-4-18(13)25-21(17)27/h1-6,9-11,16,24H,7-8,12,23H2,(H,25,27)/t16-/m0/s1. The molecule has 140 valence electrons. The van der Waals surface area contributed by atoms with Crippen LogP contribution in [-0.4, -0.2) is 39.9 Å². The number of aromatic nitrogens is 2. The first-order valence-electron chi connectivity index (χ1n) is 9.38. The zero-order valence-electron chi connectivity index (χ0n) is 15.2. The summed E-state index contributed by atoms with van der Waals surface area (Å²) in [5.41, 5.74) is 9.42. The molecule has 1 saturated heterocycles. The molecule has 0 saturated carbocycles. The smallest absolute Gasteiger partial charge is 0.257 e. The Morgan fingerprint density at radius 3 is 2.64 bits per heavy atom. The maximum Gasteiger partial charge on any atom is 0.257 e. The fourth-order valence-corrected chi connectivity index (χ4v) is 3.91. The van der Waals surface area contributed by atoms with Crippen molar-refractivity contribution in [1.29, 1.82) is 0 Å². The molecule has 6 nitrogen and oxygen atoms in total. The van der Waals surface area contributed by atoms with Crippen LogP contribution in [0.3, 0.4) is 0 Å². The molecule has 1 atom stereocenters. The SMILES string of the molecule is N[C@H]1CCN(C(=O)c2ccc3[nH]c(-c4cc5ccccc5[nH]c4=O)cc3c2)C1. The lowest BCUT2D eigenvalue weighted by Gasteiger charge is -2.15. The Hall–Kier alpha value is -3.38. The number of nitrogens with two attached hydrogens (primary N) is 1. The molecule has 4 N–H and O–H groups in total. The maximum absolute atomic E-state index is 12.7. The number of carbonyl (C=O) groups excluding carboxylic acids is 1. The van der Waals surface area contributed by atoms with Crippen LogP contribution in [0.4, 0.5) is 0 Å². The number of rotatable bonds is 2. The van der Waals surface area contributed by atoms with Crippen LogP contribution >= 0.6 is 0 Å². The molecule has 1 aliphatic rings. The molecule has 28 heavy (non-hydrogen) atoms. The van der Waals surface area contributed by atoms with Gasteiger partial charge >= 0.3 is 0 Å². The molecule has 1 amide bonds. The number of nitrogens with one attached hydrogen (secondary N) is 2. The lowest BCUT2D eigenvalue weighted by Crippen LogP contribution is -2.31. The number of likely N-dealkylation sites (tertiary alicyclic amines) is 1. The Balaban J connectivity index is 1.55. The highest BCUT2D eigenvalue weighted by molar-refractivity contribution is 5.99. The topological polar surface area (TPSA) is 95.0 Å². The van der Waals surface area contributed by atoms with Gasteiger partial charge in [0.15, 0.2) is 0 Å². The number of pyridine rings is 1. The average Bonchev–Trinajstić information content (AvgIpc) is 3.32. The summed E-state index contributed by atoms with van der Waals surface area (Å²) in [5, 5.41) is 1.87. The molecule has 0 bridgehead atoms. The van der Waals surface area contributed by atoms with E-state index >= 15 is 0 Å². The van der Waals surface area contributed by atoms with Gasteiger partial charge in [0.05, 0.1) is 11.3 Å². The van der Waals surface area contributed by atoms with Crippen LogP contribution in [0.2, 0.25) is 0 Å². The normalized spacial score (nSPS) is 16.9. The molecule has 0 spiro atoms. The molecule has 6 heteroatoms. The van der Waals surface area contributed by atoms with Crippen molar-refractivity contribution in [3.63, 3.8) is 0 Å². The molecule has 0 radical (unpaired) electrons. The van der Waals surface area contributed by atoms with Gasteiger partial charge in [-0.1, -0.05) is 18.2 Å². The van der Waals surface area contributed by atoms with E-state index in [9.17, 15) is 9.59 Å². The van der Waals surface area contributed by atoms with Gasteiger partial charge < -0.3 is 20.6 Å². The first-order chi connectivity index (χ1) is 13.6. The fourth-order valence-electron chi connectivity index (χ4n) is 3.91. The summed E-state index contributed by atoms with van der Waals surface area (Å²) in [5.74, 6) is 0.00107. The largest absolute Gasteiger partial charge is 0.354 e. The van der Waals surface area contributed by atoms with E-state index in [1.54, 1.807) is 4.90 Å². The van der Waals surface area contributed by atoms with Gasteiger partial charge in [0.1, 0.15) is 0 Å². The predicted octanol–water partition coefficient (Wildman–Crippen LogP) is 2.85. The zero-order valence-corrected chi connectivity index (χ0v) is 15.2. The van der Waals surface area contributed by atoms with E-state index in [1.165, 1.54) is 0 Å². The van der Waals surface area contributed by atoms with Crippen molar-refractivity contribution >= 4 is 27.7 Å². The number of para-hydroxylation sites is 1. The highest BCUT2D eigenvalue weighted by atomic mass is 16.2. The molecule has 1 fully saturated rings. The van der Waals surface area contributed by atoms with E-state index in [-0.39, 0.29) is 17.5 Å². The van der Waals surface area contributed by atoms with Crippen molar-refractivity contribution in [2.24, 2.45) is 5.73 Å². The quantitative estimate of drug-likeness (QED) is 0.505. The maximum atomic E-state index is 12.7. The minimum Gasteiger partial charge on any atom is -0.354 e. The lowest BCUT2D eigenvalue weighted by molar-refractivity contribution is 0.0791. The molecule has 3 heterocycles. The minimum atomic E-state index is -0.146.